The first kappa shape index (κ1) is 92.5. The fraction of sp³-hybridized carbons (Fsp3) is 0.495. The lowest BCUT2D eigenvalue weighted by molar-refractivity contribution is -0.130. The van der Waals surface area contributed by atoms with Gasteiger partial charge in [-0.2, -0.15) is 51.3 Å². The van der Waals surface area contributed by atoms with Crippen LogP contribution in [0.1, 0.15) is 214 Å². The Balaban J connectivity index is 0.000000108. The average Bonchev–Trinajstić information content (AvgIpc) is 1.60. The third kappa shape index (κ3) is 17.8. The van der Waals surface area contributed by atoms with Gasteiger partial charge in [0.05, 0.1) is 125 Å². The van der Waals surface area contributed by atoms with Gasteiger partial charge in [0, 0.05) is 286 Å². The summed E-state index contributed by atoms with van der Waals surface area (Å²) < 4.78 is 38.8. The third-order valence-electron chi connectivity index (χ3n) is 31.7. The standard InChI is InChI=1S/C28H34N6O2.2C27H31N7O2.C25H30N6O2/c1-18(35)32-9-7-27-25(16-32)28(30-34(27)24-8-10-36-17-24)33-15-22(19-3-4-19)12-21-11-20(5-6-26(21)33)23-13-29-31(2)14-23;2*1-17-4-8-33(26-10-19(12-28)23(11-22(17)26)20-13-29-31(3)14-20)27-24-15-32(18(2)35)7-5-25(24)34(30-27)21-6-9-36-16-21;1-17(32)29-10-7-24-22(15-29)25(27-31(24)21-8-11-33-16-21)30-9-3-4-19-12-18(5-6-23(19)30)20-13-26-28(2)14-20/h5-6,11,13-14,19,22,24H,3-4,7-10,12,15-17H2,1-2H3;2*10-11,13-14,17,21H,4-9,15-16H2,1-3H3;5-6,12-14,21H,3-4,7-11,15-16H2,1-2H3/t22?,24-;17-,21+;17-,21-;21-/m0100/s1. The van der Waals surface area contributed by atoms with E-state index in [4.69, 9.17) is 39.3 Å². The second-order valence-electron chi connectivity index (χ2n) is 40.9. The van der Waals surface area contributed by atoms with Crippen LogP contribution in [0.5, 0.6) is 0 Å². The highest BCUT2D eigenvalue weighted by molar-refractivity contribution is 5.84. The first-order chi connectivity index (χ1) is 68.5. The van der Waals surface area contributed by atoms with E-state index in [2.05, 4.69) is 146 Å². The number of aryl methyl sites for hydroxylation is 5. The molecule has 13 aliphatic rings. The second-order valence-corrected chi connectivity index (χ2v) is 40.9. The quantitative estimate of drug-likeness (QED) is 0.103. The number of carbonyl (C=O) groups is 4. The van der Waals surface area contributed by atoms with Gasteiger partial charge in [0.2, 0.25) is 23.6 Å². The van der Waals surface area contributed by atoms with E-state index >= 15 is 0 Å². The predicted molar refractivity (Wildman–Crippen MR) is 532 cm³/mol. The Morgan fingerprint density at radius 3 is 1.03 bits per heavy atom. The Labute approximate surface area is 821 Å². The van der Waals surface area contributed by atoms with Gasteiger partial charge in [-0.25, -0.2) is 0 Å². The summed E-state index contributed by atoms with van der Waals surface area (Å²) in [7, 11) is 7.68. The fourth-order valence-corrected chi connectivity index (χ4v) is 23.7. The molecule has 34 heteroatoms. The molecule has 4 saturated heterocycles. The Hall–Kier alpha value is -13.5. The van der Waals surface area contributed by atoms with Gasteiger partial charge in [0.25, 0.3) is 0 Å². The van der Waals surface area contributed by atoms with E-state index in [-0.39, 0.29) is 47.8 Å². The summed E-state index contributed by atoms with van der Waals surface area (Å²) in [6.45, 7) is 25.9. The SMILES string of the molecule is CC(=O)N1CCc2c(c(N3CC(C4CC4)Cc4cc(-c5cnn(C)c5)ccc43)nn2[C@H]2CCOC2)C1.CC(=O)N1CCc2c(c(N3CCCc4cc(-c5cnn(C)c5)ccc43)nn2[C@H]2CCOC2)C1.CC(=O)N1CCc2c(c(N3CC[C@@H](C)c4cc(-c5cnn(C)c5)c(C#N)cc43)nn2[C@H]2CCOC2)C1.CC(=O)N1CCc2c(c(N3CC[C@H](C)c4cc(-c5cnn(C)c5)c(C#N)cc43)nn2[C@H]2CCOC2)C1. The maximum absolute atomic E-state index is 12.3. The maximum atomic E-state index is 12.3. The monoisotopic (exact) mass is 1900 g/mol. The molecule has 25 rings (SSSR count). The molecule has 4 amide bonds. The van der Waals surface area contributed by atoms with Crippen LogP contribution in [-0.4, -0.2) is 227 Å². The van der Waals surface area contributed by atoms with E-state index in [9.17, 15) is 29.7 Å². The summed E-state index contributed by atoms with van der Waals surface area (Å²) in [4.78, 5) is 66.2. The second kappa shape index (κ2) is 38.5. The molecule has 7 atom stereocenters. The van der Waals surface area contributed by atoms with Crippen LogP contribution >= 0.6 is 0 Å². The first-order valence-corrected chi connectivity index (χ1v) is 50.7. The number of anilines is 8. The smallest absolute Gasteiger partial charge is 0.219 e. The highest BCUT2D eigenvalue weighted by atomic mass is 16.5. The van der Waals surface area contributed by atoms with E-state index in [1.165, 1.54) is 91.5 Å². The molecule has 5 fully saturated rings. The van der Waals surface area contributed by atoms with Crippen molar-refractivity contribution in [3.63, 3.8) is 0 Å². The van der Waals surface area contributed by atoms with E-state index < -0.39 is 0 Å². The number of hydrogen-bond acceptors (Lipinski definition) is 22. The molecule has 1 saturated carbocycles. The lowest BCUT2D eigenvalue weighted by atomic mass is 9.87. The van der Waals surface area contributed by atoms with Gasteiger partial charge >= 0.3 is 0 Å². The summed E-state index contributed by atoms with van der Waals surface area (Å²) in [6, 6.07) is 27.8. The number of nitriles is 2. The molecule has 8 aromatic heterocycles. The minimum absolute atomic E-state index is 0.0871. The molecule has 0 N–H and O–H groups in total. The zero-order valence-corrected chi connectivity index (χ0v) is 82.7. The van der Waals surface area contributed by atoms with Gasteiger partial charge in [-0.1, -0.05) is 26.0 Å². The summed E-state index contributed by atoms with van der Waals surface area (Å²) in [5.41, 5.74) is 29.1. The van der Waals surface area contributed by atoms with Gasteiger partial charge < -0.3 is 58.1 Å². The number of rotatable bonds is 13. The van der Waals surface area contributed by atoms with E-state index in [0.29, 0.717) is 81.4 Å². The zero-order valence-electron chi connectivity index (χ0n) is 82.7. The van der Waals surface area contributed by atoms with Gasteiger partial charge in [-0.3, -0.25) is 56.6 Å². The maximum Gasteiger partial charge on any atom is 0.219 e. The minimum Gasteiger partial charge on any atom is -0.379 e. The van der Waals surface area contributed by atoms with Crippen LogP contribution in [0.15, 0.2) is 110 Å². The van der Waals surface area contributed by atoms with E-state index in [1.807, 2.05) is 106 Å². The molecule has 732 valence electrons. The van der Waals surface area contributed by atoms with Gasteiger partial charge in [-0.05, 0) is 176 Å². The van der Waals surface area contributed by atoms with Crippen LogP contribution in [0.4, 0.5) is 46.0 Å². The molecular weight excluding hydrogens is 1780 g/mol. The molecule has 12 aromatic rings. The number of fused-ring (bicyclic) bond motifs is 8. The highest BCUT2D eigenvalue weighted by Crippen LogP contribution is 2.52. The van der Waals surface area contributed by atoms with Crippen LogP contribution < -0.4 is 19.6 Å². The molecule has 4 aromatic carbocycles. The van der Waals surface area contributed by atoms with Gasteiger partial charge in [0.15, 0.2) is 23.3 Å². The van der Waals surface area contributed by atoms with Gasteiger partial charge in [-0.15, -0.1) is 0 Å². The Morgan fingerprint density at radius 2 is 0.702 bits per heavy atom. The van der Waals surface area contributed by atoms with Crippen molar-refractivity contribution >= 4 is 69.6 Å². The van der Waals surface area contributed by atoms with Crippen LogP contribution in [0.3, 0.4) is 0 Å². The van der Waals surface area contributed by atoms with Crippen LogP contribution in [0, 0.1) is 34.5 Å². The molecule has 1 aliphatic carbocycles. The Morgan fingerprint density at radius 1 is 0.362 bits per heavy atom. The normalized spacial score (nSPS) is 21.6. The lowest BCUT2D eigenvalue weighted by Crippen LogP contribution is -2.37. The largest absolute Gasteiger partial charge is 0.379 e. The number of carbonyl (C=O) groups excluding carboxylic acids is 4. The van der Waals surface area contributed by atoms with Crippen molar-refractivity contribution in [2.45, 2.75) is 200 Å². The van der Waals surface area contributed by atoms with Crippen molar-refractivity contribution in [1.29, 1.82) is 10.5 Å². The molecule has 0 bridgehead atoms. The lowest BCUT2D eigenvalue weighted by Gasteiger charge is -2.36. The molecule has 0 radical (unpaired) electrons. The zero-order chi connectivity index (χ0) is 96.9. The van der Waals surface area contributed by atoms with E-state index in [1.54, 1.807) is 37.1 Å². The predicted octanol–water partition coefficient (Wildman–Crippen LogP) is 14.4. The number of ether oxygens (including phenoxy) is 4. The third-order valence-corrected chi connectivity index (χ3v) is 31.7. The fourth-order valence-electron chi connectivity index (χ4n) is 23.7. The molecule has 0 spiro atoms. The highest BCUT2D eigenvalue weighted by Gasteiger charge is 2.44. The number of benzene rings is 4. The van der Waals surface area contributed by atoms with Crippen LogP contribution in [0.25, 0.3) is 44.5 Å². The van der Waals surface area contributed by atoms with Crippen LogP contribution in [-0.2, 0) is 131 Å². The molecule has 20 heterocycles. The first-order valence-electron chi connectivity index (χ1n) is 50.7. The van der Waals surface area contributed by atoms with E-state index in [0.717, 1.165) is 247 Å². The van der Waals surface area contributed by atoms with Crippen molar-refractivity contribution < 1.29 is 38.1 Å². The summed E-state index contributed by atoms with van der Waals surface area (Å²) in [5.74, 6) is 6.46. The van der Waals surface area contributed by atoms with Crippen molar-refractivity contribution in [2.75, 3.05) is 125 Å². The van der Waals surface area contributed by atoms with Crippen molar-refractivity contribution in [3.05, 3.63) is 189 Å². The van der Waals surface area contributed by atoms with Crippen molar-refractivity contribution in [3.8, 4) is 56.6 Å². The van der Waals surface area contributed by atoms with Crippen LogP contribution in [0.2, 0.25) is 0 Å². The summed E-state index contributed by atoms with van der Waals surface area (Å²) in [6.07, 6.45) is 30.6. The van der Waals surface area contributed by atoms with Crippen molar-refractivity contribution in [1.82, 2.24) is 97.8 Å². The topological polar surface area (TPSA) is 321 Å². The molecule has 34 nitrogen and oxygen atoms in total. The molecule has 12 aliphatic heterocycles. The Kier molecular flexibility index (Phi) is 25.2. The minimum atomic E-state index is 0.0871. The summed E-state index contributed by atoms with van der Waals surface area (Å²) >= 11 is 0. The molecular formula is C107H126N26O8. The number of hydrogen-bond donors (Lipinski definition) is 0. The Bertz CT molecular complexity index is 6680. The average molecular weight is 1900 g/mol. The molecule has 1 unspecified atom stereocenters. The summed E-state index contributed by atoms with van der Waals surface area (Å²) in [5, 5.41) is 58.3. The number of aromatic nitrogens is 16. The molecule has 141 heavy (non-hydrogen) atoms. The van der Waals surface area contributed by atoms with Gasteiger partial charge in [0.1, 0.15) is 0 Å². The number of amides is 4. The van der Waals surface area contributed by atoms with Crippen molar-refractivity contribution in [2.24, 2.45) is 40.0 Å². The number of nitrogens with zero attached hydrogens (tertiary/aromatic N) is 26.